The molecule has 2 unspecified atom stereocenters. The van der Waals surface area contributed by atoms with Crippen LogP contribution in [0.4, 0.5) is 0 Å². The fourth-order valence-electron chi connectivity index (χ4n) is 2.34. The zero-order valence-corrected chi connectivity index (χ0v) is 11.1. The molecule has 0 radical (unpaired) electrons. The van der Waals surface area contributed by atoms with Gasteiger partial charge in [-0.3, -0.25) is 0 Å². The zero-order valence-electron chi connectivity index (χ0n) is 10.2. The van der Waals surface area contributed by atoms with Crippen LogP contribution >= 0.6 is 11.8 Å². The predicted octanol–water partition coefficient (Wildman–Crippen LogP) is 2.19. The molecule has 0 spiro atoms. The number of nitrogens with two attached hydrogens (primary N) is 1. The standard InChI is InChI=1S/C12H26N2S/c1-3-11-10-14(8-6-12(11)13)7-4-5-9-15-2/h11-12H,3-10,13H2,1-2H3. The van der Waals surface area contributed by atoms with Crippen LogP contribution in [-0.4, -0.2) is 42.6 Å². The third-order valence-electron chi connectivity index (χ3n) is 3.47. The Morgan fingerprint density at radius 3 is 2.87 bits per heavy atom. The highest BCUT2D eigenvalue weighted by Gasteiger charge is 2.24. The van der Waals surface area contributed by atoms with Crippen LogP contribution in [0.2, 0.25) is 0 Å². The number of unbranched alkanes of at least 4 members (excludes halogenated alkanes) is 1. The van der Waals surface area contributed by atoms with Crippen LogP contribution in [0.1, 0.15) is 32.6 Å². The van der Waals surface area contributed by atoms with Gasteiger partial charge in [0.1, 0.15) is 0 Å². The fourth-order valence-corrected chi connectivity index (χ4v) is 2.84. The van der Waals surface area contributed by atoms with Crippen molar-refractivity contribution in [1.29, 1.82) is 0 Å². The maximum Gasteiger partial charge on any atom is 0.00914 e. The minimum Gasteiger partial charge on any atom is -0.327 e. The Balaban J connectivity index is 2.14. The Hall–Kier alpha value is 0.270. The third-order valence-corrected chi connectivity index (χ3v) is 4.17. The van der Waals surface area contributed by atoms with Crippen molar-refractivity contribution in [2.45, 2.75) is 38.6 Å². The molecule has 1 fully saturated rings. The van der Waals surface area contributed by atoms with Gasteiger partial charge in [-0.25, -0.2) is 0 Å². The molecular weight excluding hydrogens is 204 g/mol. The van der Waals surface area contributed by atoms with Crippen LogP contribution < -0.4 is 5.73 Å². The molecule has 1 aliphatic heterocycles. The van der Waals surface area contributed by atoms with E-state index >= 15 is 0 Å². The molecule has 1 heterocycles. The van der Waals surface area contributed by atoms with E-state index < -0.39 is 0 Å². The maximum atomic E-state index is 6.10. The molecule has 0 aliphatic carbocycles. The van der Waals surface area contributed by atoms with Crippen LogP contribution in [0.5, 0.6) is 0 Å². The quantitative estimate of drug-likeness (QED) is 0.709. The molecule has 0 aromatic rings. The second-order valence-corrected chi connectivity index (χ2v) is 5.61. The Morgan fingerprint density at radius 2 is 2.20 bits per heavy atom. The Bertz CT molecular complexity index is 164. The van der Waals surface area contributed by atoms with Crippen LogP contribution in [0, 0.1) is 5.92 Å². The molecule has 3 heteroatoms. The average molecular weight is 230 g/mol. The first-order chi connectivity index (χ1) is 7.27. The first kappa shape index (κ1) is 13.3. The van der Waals surface area contributed by atoms with Gasteiger partial charge in [0, 0.05) is 12.6 Å². The average Bonchev–Trinajstić information content (AvgIpc) is 2.26. The second kappa shape index (κ2) is 7.53. The van der Waals surface area contributed by atoms with Crippen molar-refractivity contribution in [2.24, 2.45) is 11.7 Å². The molecule has 0 aromatic carbocycles. The summed E-state index contributed by atoms with van der Waals surface area (Å²) in [6.45, 7) is 6.00. The summed E-state index contributed by atoms with van der Waals surface area (Å²) in [4.78, 5) is 2.61. The number of hydrogen-bond acceptors (Lipinski definition) is 3. The number of thioether (sulfide) groups is 1. The number of nitrogens with zero attached hydrogens (tertiary/aromatic N) is 1. The van der Waals surface area contributed by atoms with Crippen molar-refractivity contribution < 1.29 is 0 Å². The molecule has 0 amide bonds. The van der Waals surface area contributed by atoms with Crippen LogP contribution in [0.3, 0.4) is 0 Å². The highest BCUT2D eigenvalue weighted by atomic mass is 32.2. The van der Waals surface area contributed by atoms with Crippen molar-refractivity contribution in [3.63, 3.8) is 0 Å². The molecule has 90 valence electrons. The first-order valence-electron chi connectivity index (χ1n) is 6.24. The number of piperidine rings is 1. The van der Waals surface area contributed by atoms with E-state index in [1.807, 2.05) is 11.8 Å². The van der Waals surface area contributed by atoms with Crippen LogP contribution in [-0.2, 0) is 0 Å². The molecular formula is C12H26N2S. The van der Waals surface area contributed by atoms with E-state index in [1.165, 1.54) is 51.1 Å². The van der Waals surface area contributed by atoms with E-state index in [0.717, 1.165) is 5.92 Å². The topological polar surface area (TPSA) is 29.3 Å². The molecule has 15 heavy (non-hydrogen) atoms. The summed E-state index contributed by atoms with van der Waals surface area (Å²) in [5, 5.41) is 0. The molecule has 2 nitrogen and oxygen atoms in total. The highest BCUT2D eigenvalue weighted by Crippen LogP contribution is 2.18. The largest absolute Gasteiger partial charge is 0.327 e. The summed E-state index contributed by atoms with van der Waals surface area (Å²) in [6, 6.07) is 0.456. The smallest absolute Gasteiger partial charge is 0.00914 e. The van der Waals surface area contributed by atoms with Crippen molar-refractivity contribution >= 4 is 11.8 Å². The monoisotopic (exact) mass is 230 g/mol. The van der Waals surface area contributed by atoms with E-state index in [9.17, 15) is 0 Å². The van der Waals surface area contributed by atoms with E-state index in [1.54, 1.807) is 0 Å². The summed E-state index contributed by atoms with van der Waals surface area (Å²) in [6.07, 6.45) is 7.34. The Kier molecular flexibility index (Phi) is 6.69. The lowest BCUT2D eigenvalue weighted by molar-refractivity contribution is 0.150. The van der Waals surface area contributed by atoms with Crippen molar-refractivity contribution in [3.05, 3.63) is 0 Å². The van der Waals surface area contributed by atoms with E-state index in [4.69, 9.17) is 5.73 Å². The first-order valence-corrected chi connectivity index (χ1v) is 7.64. The lowest BCUT2D eigenvalue weighted by atomic mass is 9.90. The second-order valence-electron chi connectivity index (χ2n) is 4.62. The van der Waals surface area contributed by atoms with E-state index in [0.29, 0.717) is 6.04 Å². The van der Waals surface area contributed by atoms with Crippen molar-refractivity contribution in [3.8, 4) is 0 Å². The fraction of sp³-hybridized carbons (Fsp3) is 1.00. The van der Waals surface area contributed by atoms with Gasteiger partial charge in [0.2, 0.25) is 0 Å². The molecule has 1 aliphatic rings. The zero-order chi connectivity index (χ0) is 11.1. The summed E-state index contributed by atoms with van der Waals surface area (Å²) in [5.74, 6) is 2.05. The lowest BCUT2D eigenvalue weighted by Crippen LogP contribution is -2.47. The molecule has 2 atom stereocenters. The molecule has 0 saturated carbocycles. The summed E-state index contributed by atoms with van der Waals surface area (Å²) >= 11 is 1.96. The van der Waals surface area contributed by atoms with Crippen molar-refractivity contribution in [1.82, 2.24) is 4.90 Å². The van der Waals surface area contributed by atoms with Gasteiger partial charge >= 0.3 is 0 Å². The molecule has 1 rings (SSSR count). The number of likely N-dealkylation sites (tertiary alicyclic amines) is 1. The van der Waals surface area contributed by atoms with Gasteiger partial charge in [-0.1, -0.05) is 13.3 Å². The number of rotatable bonds is 6. The SMILES string of the molecule is CCC1CN(CCCCSC)CCC1N. The third kappa shape index (κ3) is 4.75. The van der Waals surface area contributed by atoms with Gasteiger partial charge < -0.3 is 10.6 Å². The normalized spacial score (nSPS) is 28.2. The summed E-state index contributed by atoms with van der Waals surface area (Å²) in [5.41, 5.74) is 6.10. The Morgan fingerprint density at radius 1 is 1.40 bits per heavy atom. The summed E-state index contributed by atoms with van der Waals surface area (Å²) < 4.78 is 0. The summed E-state index contributed by atoms with van der Waals surface area (Å²) in [7, 11) is 0. The van der Waals surface area contributed by atoms with Crippen LogP contribution in [0.25, 0.3) is 0 Å². The minimum absolute atomic E-state index is 0.456. The van der Waals surface area contributed by atoms with Crippen LogP contribution in [0.15, 0.2) is 0 Å². The van der Waals surface area contributed by atoms with Gasteiger partial charge in [-0.15, -0.1) is 0 Å². The van der Waals surface area contributed by atoms with Crippen molar-refractivity contribution in [2.75, 3.05) is 31.6 Å². The molecule has 0 bridgehead atoms. The van der Waals surface area contributed by atoms with Gasteiger partial charge in [0.15, 0.2) is 0 Å². The molecule has 0 aromatic heterocycles. The van der Waals surface area contributed by atoms with E-state index in [-0.39, 0.29) is 0 Å². The molecule has 2 N–H and O–H groups in total. The van der Waals surface area contributed by atoms with Gasteiger partial charge in [0.05, 0.1) is 0 Å². The predicted molar refractivity (Wildman–Crippen MR) is 70.4 cm³/mol. The highest BCUT2D eigenvalue weighted by molar-refractivity contribution is 7.98. The molecule has 1 saturated heterocycles. The lowest BCUT2D eigenvalue weighted by Gasteiger charge is -2.36. The maximum absolute atomic E-state index is 6.10. The van der Waals surface area contributed by atoms with Gasteiger partial charge in [-0.2, -0.15) is 11.8 Å². The van der Waals surface area contributed by atoms with E-state index in [2.05, 4.69) is 18.1 Å². The van der Waals surface area contributed by atoms with Gasteiger partial charge in [-0.05, 0) is 50.3 Å². The Labute approximate surface area is 99.0 Å². The van der Waals surface area contributed by atoms with Gasteiger partial charge in [0.25, 0.3) is 0 Å². The number of hydrogen-bond donors (Lipinski definition) is 1. The minimum atomic E-state index is 0.456.